The monoisotopic (exact) mass is 321 g/mol. The highest BCUT2D eigenvalue weighted by Gasteiger charge is 2.06. The number of hydrogen-bond acceptors (Lipinski definition) is 3. The van der Waals surface area contributed by atoms with E-state index in [0.29, 0.717) is 0 Å². The number of rotatable bonds is 6. The van der Waals surface area contributed by atoms with Gasteiger partial charge >= 0.3 is 0 Å². The predicted molar refractivity (Wildman–Crippen MR) is 96.9 cm³/mol. The number of aromatic nitrogens is 2. The minimum atomic E-state index is 0.0723. The van der Waals surface area contributed by atoms with Gasteiger partial charge in [-0.1, -0.05) is 36.4 Å². The molecule has 0 radical (unpaired) electrons. The molecule has 1 unspecified atom stereocenters. The van der Waals surface area contributed by atoms with Crippen molar-refractivity contribution >= 4 is 5.69 Å². The van der Waals surface area contributed by atoms with Gasteiger partial charge in [-0.15, -0.1) is 0 Å². The lowest BCUT2D eigenvalue weighted by Gasteiger charge is -2.17. The van der Waals surface area contributed by atoms with Gasteiger partial charge in [0.1, 0.15) is 5.82 Å². The molecule has 3 rings (SSSR count). The molecule has 0 spiro atoms. The Morgan fingerprint density at radius 3 is 2.58 bits per heavy atom. The number of benzene rings is 2. The summed E-state index contributed by atoms with van der Waals surface area (Å²) in [4.78, 5) is 4.25. The van der Waals surface area contributed by atoms with Crippen LogP contribution in [0.25, 0.3) is 0 Å². The second-order valence-corrected chi connectivity index (χ2v) is 6.07. The van der Waals surface area contributed by atoms with Crippen LogP contribution < -0.4 is 5.32 Å². The van der Waals surface area contributed by atoms with Gasteiger partial charge in [-0.3, -0.25) is 0 Å². The topological polar surface area (TPSA) is 50.1 Å². The second-order valence-electron chi connectivity index (χ2n) is 6.07. The third kappa shape index (κ3) is 3.84. The zero-order valence-corrected chi connectivity index (χ0v) is 14.1. The summed E-state index contributed by atoms with van der Waals surface area (Å²) in [5.41, 5.74) is 4.44. The predicted octanol–water partition coefficient (Wildman–Crippen LogP) is 3.91. The molecular weight excluding hydrogens is 298 g/mol. The molecule has 24 heavy (non-hydrogen) atoms. The molecule has 1 atom stereocenters. The van der Waals surface area contributed by atoms with Gasteiger partial charge in [0.05, 0.1) is 6.61 Å². The zero-order chi connectivity index (χ0) is 16.9. The van der Waals surface area contributed by atoms with E-state index in [4.69, 9.17) is 0 Å². The van der Waals surface area contributed by atoms with Crippen LogP contribution in [0.1, 0.15) is 35.5 Å². The molecule has 3 aromatic rings. The van der Waals surface area contributed by atoms with E-state index in [1.807, 2.05) is 37.5 Å². The van der Waals surface area contributed by atoms with E-state index in [0.717, 1.165) is 23.6 Å². The molecule has 4 nitrogen and oxygen atoms in total. The molecule has 2 aromatic carbocycles. The number of aliphatic hydroxyl groups is 1. The van der Waals surface area contributed by atoms with Crippen LogP contribution in [0.3, 0.4) is 0 Å². The van der Waals surface area contributed by atoms with Crippen LogP contribution in [0.2, 0.25) is 0 Å². The maximum Gasteiger partial charge on any atom is 0.105 e. The van der Waals surface area contributed by atoms with Crippen molar-refractivity contribution in [2.24, 2.45) is 0 Å². The fourth-order valence-corrected chi connectivity index (χ4v) is 2.77. The van der Waals surface area contributed by atoms with Crippen molar-refractivity contribution in [3.05, 3.63) is 83.4 Å². The molecule has 4 heteroatoms. The standard InChI is InChI=1S/C20H23N3O/c1-15(19-5-3-4-18(12-19)14-24)22-20-8-6-17(7-9-20)13-23-11-10-21-16(23)2/h3-12,15,22,24H,13-14H2,1-2H3. The van der Waals surface area contributed by atoms with Crippen LogP contribution in [0, 0.1) is 6.92 Å². The van der Waals surface area contributed by atoms with Gasteiger partial charge in [0.2, 0.25) is 0 Å². The summed E-state index contributed by atoms with van der Waals surface area (Å²) in [5, 5.41) is 12.8. The number of aliphatic hydroxyl groups excluding tert-OH is 1. The van der Waals surface area contributed by atoms with Crippen LogP contribution in [0.15, 0.2) is 60.9 Å². The van der Waals surface area contributed by atoms with Gasteiger partial charge in [-0.05, 0) is 42.7 Å². The number of nitrogens with one attached hydrogen (secondary N) is 1. The Bertz CT molecular complexity index is 793. The molecule has 1 aromatic heterocycles. The van der Waals surface area contributed by atoms with Crippen LogP contribution >= 0.6 is 0 Å². The van der Waals surface area contributed by atoms with E-state index >= 15 is 0 Å². The van der Waals surface area contributed by atoms with Crippen LogP contribution in [0.4, 0.5) is 5.69 Å². The van der Waals surface area contributed by atoms with E-state index in [-0.39, 0.29) is 12.6 Å². The second kappa shape index (κ2) is 7.32. The minimum Gasteiger partial charge on any atom is -0.392 e. The van der Waals surface area contributed by atoms with Crippen molar-refractivity contribution in [2.75, 3.05) is 5.32 Å². The molecule has 0 aliphatic carbocycles. The van der Waals surface area contributed by atoms with Crippen molar-refractivity contribution in [2.45, 2.75) is 33.0 Å². The summed E-state index contributed by atoms with van der Waals surface area (Å²) in [6, 6.07) is 16.7. The van der Waals surface area contributed by atoms with Gasteiger partial charge in [-0.2, -0.15) is 0 Å². The molecule has 0 saturated heterocycles. The largest absolute Gasteiger partial charge is 0.392 e. The highest BCUT2D eigenvalue weighted by Crippen LogP contribution is 2.21. The Morgan fingerprint density at radius 2 is 1.92 bits per heavy atom. The SMILES string of the molecule is Cc1nccn1Cc1ccc(NC(C)c2cccc(CO)c2)cc1. The van der Waals surface area contributed by atoms with E-state index in [9.17, 15) is 5.11 Å². The Hall–Kier alpha value is -2.59. The zero-order valence-electron chi connectivity index (χ0n) is 14.1. The quantitative estimate of drug-likeness (QED) is 0.724. The van der Waals surface area contributed by atoms with Crippen molar-refractivity contribution in [1.82, 2.24) is 9.55 Å². The fraction of sp³-hybridized carbons (Fsp3) is 0.250. The highest BCUT2D eigenvalue weighted by molar-refractivity contribution is 5.47. The molecule has 124 valence electrons. The highest BCUT2D eigenvalue weighted by atomic mass is 16.3. The maximum absolute atomic E-state index is 9.26. The molecule has 0 aliphatic heterocycles. The van der Waals surface area contributed by atoms with Crippen molar-refractivity contribution in [3.8, 4) is 0 Å². The van der Waals surface area contributed by atoms with Crippen LogP contribution in [-0.2, 0) is 13.2 Å². The third-order valence-corrected chi connectivity index (χ3v) is 4.25. The minimum absolute atomic E-state index is 0.0723. The van der Waals surface area contributed by atoms with Crippen molar-refractivity contribution in [3.63, 3.8) is 0 Å². The summed E-state index contributed by atoms with van der Waals surface area (Å²) in [7, 11) is 0. The van der Waals surface area contributed by atoms with E-state index in [1.54, 1.807) is 0 Å². The molecule has 0 aliphatic rings. The normalized spacial score (nSPS) is 12.1. The van der Waals surface area contributed by atoms with Crippen molar-refractivity contribution < 1.29 is 5.11 Å². The summed E-state index contributed by atoms with van der Waals surface area (Å²) < 4.78 is 2.13. The van der Waals surface area contributed by atoms with E-state index < -0.39 is 0 Å². The average Bonchev–Trinajstić information content (AvgIpc) is 3.01. The molecule has 1 heterocycles. The lowest BCUT2D eigenvalue weighted by molar-refractivity contribution is 0.281. The molecule has 0 amide bonds. The smallest absolute Gasteiger partial charge is 0.105 e. The summed E-state index contributed by atoms with van der Waals surface area (Å²) >= 11 is 0. The fourth-order valence-electron chi connectivity index (χ4n) is 2.77. The Morgan fingerprint density at radius 1 is 1.12 bits per heavy atom. The van der Waals surface area contributed by atoms with Crippen LogP contribution in [0.5, 0.6) is 0 Å². The lowest BCUT2D eigenvalue weighted by atomic mass is 10.0. The number of anilines is 1. The third-order valence-electron chi connectivity index (χ3n) is 4.25. The molecule has 0 saturated carbocycles. The first-order chi connectivity index (χ1) is 11.7. The van der Waals surface area contributed by atoms with Gasteiger partial charge < -0.3 is 15.0 Å². The molecule has 0 bridgehead atoms. The van der Waals surface area contributed by atoms with Gasteiger partial charge in [0, 0.05) is 30.7 Å². The molecule has 2 N–H and O–H groups in total. The van der Waals surface area contributed by atoms with Gasteiger partial charge in [0.25, 0.3) is 0 Å². The number of aryl methyl sites for hydroxylation is 1. The van der Waals surface area contributed by atoms with E-state index in [1.165, 1.54) is 11.1 Å². The van der Waals surface area contributed by atoms with Gasteiger partial charge in [0.15, 0.2) is 0 Å². The van der Waals surface area contributed by atoms with Crippen LogP contribution in [-0.4, -0.2) is 14.7 Å². The van der Waals surface area contributed by atoms with Gasteiger partial charge in [-0.25, -0.2) is 4.98 Å². The maximum atomic E-state index is 9.26. The number of hydrogen-bond donors (Lipinski definition) is 2. The lowest BCUT2D eigenvalue weighted by Crippen LogP contribution is -2.07. The first kappa shape index (κ1) is 16.3. The van der Waals surface area contributed by atoms with Crippen molar-refractivity contribution in [1.29, 1.82) is 0 Å². The summed E-state index contributed by atoms with van der Waals surface area (Å²) in [6.45, 7) is 5.04. The molecular formula is C20H23N3O. The first-order valence-corrected chi connectivity index (χ1v) is 8.18. The Labute approximate surface area is 142 Å². The van der Waals surface area contributed by atoms with E-state index in [2.05, 4.69) is 52.1 Å². The number of nitrogens with zero attached hydrogens (tertiary/aromatic N) is 2. The summed E-state index contributed by atoms with van der Waals surface area (Å²) in [6.07, 6.45) is 3.82. The first-order valence-electron chi connectivity index (χ1n) is 8.18. The molecule has 0 fully saturated rings. The summed E-state index contributed by atoms with van der Waals surface area (Å²) in [5.74, 6) is 1.02. The average molecular weight is 321 g/mol. The Kier molecular flexibility index (Phi) is 4.96. The Balaban J connectivity index is 1.66. The number of imidazole rings is 1.